The first-order chi connectivity index (χ1) is 7.50. The minimum atomic E-state index is -0.269. The highest BCUT2D eigenvalue weighted by Crippen LogP contribution is 2.12. The van der Waals surface area contributed by atoms with Crippen molar-refractivity contribution in [3.63, 3.8) is 0 Å². The van der Waals surface area contributed by atoms with Crippen LogP contribution < -0.4 is 10.6 Å². The zero-order valence-electron chi connectivity index (χ0n) is 10.8. The van der Waals surface area contributed by atoms with Crippen LogP contribution in [-0.2, 0) is 4.79 Å². The molecule has 0 bridgehead atoms. The second kappa shape index (κ2) is 6.21. The Bertz CT molecular complexity index is 217. The van der Waals surface area contributed by atoms with Crippen LogP contribution in [0.4, 0.5) is 0 Å². The molecule has 0 aromatic heterocycles. The van der Waals surface area contributed by atoms with E-state index in [4.69, 9.17) is 0 Å². The molecule has 1 amide bonds. The molecule has 0 spiro atoms. The predicted molar refractivity (Wildman–Crippen MR) is 66.4 cm³/mol. The van der Waals surface area contributed by atoms with Crippen molar-refractivity contribution in [1.29, 1.82) is 0 Å². The Morgan fingerprint density at radius 2 is 1.94 bits per heavy atom. The molecule has 16 heavy (non-hydrogen) atoms. The van der Waals surface area contributed by atoms with E-state index in [1.807, 2.05) is 20.8 Å². The van der Waals surface area contributed by atoms with Gasteiger partial charge in [-0.25, -0.2) is 0 Å². The highest BCUT2D eigenvalue weighted by atomic mass is 16.2. The fraction of sp³-hybridized carbons (Fsp3) is 0.917. The lowest BCUT2D eigenvalue weighted by molar-refractivity contribution is -0.128. The van der Waals surface area contributed by atoms with Gasteiger partial charge in [0.15, 0.2) is 0 Å². The van der Waals surface area contributed by atoms with Gasteiger partial charge in [-0.2, -0.15) is 0 Å². The number of piperazine rings is 1. The fourth-order valence-electron chi connectivity index (χ4n) is 1.70. The molecule has 1 aliphatic rings. The van der Waals surface area contributed by atoms with Gasteiger partial charge in [0.25, 0.3) is 0 Å². The van der Waals surface area contributed by atoms with Crippen LogP contribution in [0.25, 0.3) is 0 Å². The lowest BCUT2D eigenvalue weighted by Crippen LogP contribution is -2.44. The van der Waals surface area contributed by atoms with Crippen molar-refractivity contribution in [2.24, 2.45) is 5.41 Å². The van der Waals surface area contributed by atoms with Crippen molar-refractivity contribution in [2.45, 2.75) is 27.2 Å². The summed E-state index contributed by atoms with van der Waals surface area (Å²) in [6.45, 7) is 12.2. The van der Waals surface area contributed by atoms with Gasteiger partial charge >= 0.3 is 0 Å². The van der Waals surface area contributed by atoms with Crippen LogP contribution in [-0.4, -0.2) is 50.1 Å². The number of carbonyl (C=O) groups is 1. The summed E-state index contributed by atoms with van der Waals surface area (Å²) in [6.07, 6.45) is 1.04. The minimum absolute atomic E-state index is 0.146. The zero-order valence-corrected chi connectivity index (χ0v) is 10.8. The molecule has 1 saturated heterocycles. The zero-order chi connectivity index (χ0) is 12.0. The Morgan fingerprint density at radius 1 is 1.31 bits per heavy atom. The van der Waals surface area contributed by atoms with Gasteiger partial charge < -0.3 is 15.5 Å². The fourth-order valence-corrected chi connectivity index (χ4v) is 1.70. The van der Waals surface area contributed by atoms with Crippen LogP contribution in [0.15, 0.2) is 0 Å². The molecule has 0 saturated carbocycles. The van der Waals surface area contributed by atoms with Gasteiger partial charge in [0, 0.05) is 38.1 Å². The second-order valence-corrected chi connectivity index (χ2v) is 5.45. The molecule has 0 unspecified atom stereocenters. The number of nitrogens with one attached hydrogen (secondary N) is 2. The number of amides is 1. The third-order valence-electron chi connectivity index (χ3n) is 2.83. The lowest BCUT2D eigenvalue weighted by Gasteiger charge is -2.27. The molecule has 4 nitrogen and oxygen atoms in total. The summed E-state index contributed by atoms with van der Waals surface area (Å²) in [5.41, 5.74) is -0.269. The van der Waals surface area contributed by atoms with Gasteiger partial charge in [-0.1, -0.05) is 20.8 Å². The van der Waals surface area contributed by atoms with Crippen LogP contribution in [0, 0.1) is 5.41 Å². The highest BCUT2D eigenvalue weighted by molar-refractivity contribution is 5.81. The van der Waals surface area contributed by atoms with E-state index >= 15 is 0 Å². The van der Waals surface area contributed by atoms with E-state index < -0.39 is 0 Å². The molecule has 1 rings (SSSR count). The highest BCUT2D eigenvalue weighted by Gasteiger charge is 2.20. The predicted octanol–water partition coefficient (Wildman–Crippen LogP) is 0.444. The first-order valence-corrected chi connectivity index (χ1v) is 6.21. The van der Waals surface area contributed by atoms with Gasteiger partial charge in [-0.3, -0.25) is 4.79 Å². The van der Waals surface area contributed by atoms with E-state index in [2.05, 4.69) is 15.5 Å². The molecular weight excluding hydrogens is 202 g/mol. The Kier molecular flexibility index (Phi) is 5.22. The Hall–Kier alpha value is -0.610. The van der Waals surface area contributed by atoms with Gasteiger partial charge in [-0.05, 0) is 13.0 Å². The average molecular weight is 227 g/mol. The van der Waals surface area contributed by atoms with Crippen LogP contribution in [0.2, 0.25) is 0 Å². The van der Waals surface area contributed by atoms with Crippen molar-refractivity contribution in [1.82, 2.24) is 15.5 Å². The summed E-state index contributed by atoms with van der Waals surface area (Å²) >= 11 is 0. The topological polar surface area (TPSA) is 44.4 Å². The summed E-state index contributed by atoms with van der Waals surface area (Å²) in [5, 5.41) is 6.31. The molecule has 0 aromatic carbocycles. The molecular formula is C12H25N3O. The molecule has 1 aliphatic heterocycles. The maximum Gasteiger partial charge on any atom is 0.225 e. The largest absolute Gasteiger partial charge is 0.356 e. The Morgan fingerprint density at radius 3 is 2.50 bits per heavy atom. The normalized spacial score (nSPS) is 18.4. The molecule has 0 radical (unpaired) electrons. The summed E-state index contributed by atoms with van der Waals surface area (Å²) in [7, 11) is 0. The molecule has 4 heteroatoms. The van der Waals surface area contributed by atoms with Gasteiger partial charge in [0.05, 0.1) is 0 Å². The summed E-state index contributed by atoms with van der Waals surface area (Å²) in [4.78, 5) is 14.0. The van der Waals surface area contributed by atoms with E-state index in [-0.39, 0.29) is 11.3 Å². The van der Waals surface area contributed by atoms with E-state index in [1.165, 1.54) is 0 Å². The first-order valence-electron chi connectivity index (χ1n) is 6.21. The maximum atomic E-state index is 11.6. The molecule has 0 atom stereocenters. The third-order valence-corrected chi connectivity index (χ3v) is 2.83. The first kappa shape index (κ1) is 13.5. The minimum Gasteiger partial charge on any atom is -0.356 e. The molecule has 1 fully saturated rings. The van der Waals surface area contributed by atoms with E-state index in [1.54, 1.807) is 0 Å². The number of hydrogen-bond donors (Lipinski definition) is 2. The van der Waals surface area contributed by atoms with Crippen molar-refractivity contribution in [2.75, 3.05) is 39.3 Å². The van der Waals surface area contributed by atoms with Crippen molar-refractivity contribution in [3.05, 3.63) is 0 Å². The summed E-state index contributed by atoms with van der Waals surface area (Å²) in [6, 6.07) is 0. The number of nitrogens with zero attached hydrogens (tertiary/aromatic N) is 1. The Labute approximate surface area is 98.8 Å². The molecule has 1 heterocycles. The molecule has 2 N–H and O–H groups in total. The quantitative estimate of drug-likeness (QED) is 0.685. The number of hydrogen-bond acceptors (Lipinski definition) is 3. The van der Waals surface area contributed by atoms with E-state index in [0.29, 0.717) is 0 Å². The van der Waals surface area contributed by atoms with Crippen LogP contribution in [0.5, 0.6) is 0 Å². The maximum absolute atomic E-state index is 11.6. The number of carbonyl (C=O) groups excluding carboxylic acids is 1. The lowest BCUT2D eigenvalue weighted by atomic mass is 9.96. The smallest absolute Gasteiger partial charge is 0.225 e. The van der Waals surface area contributed by atoms with Gasteiger partial charge in [-0.15, -0.1) is 0 Å². The van der Waals surface area contributed by atoms with Crippen molar-refractivity contribution in [3.8, 4) is 0 Å². The van der Waals surface area contributed by atoms with Gasteiger partial charge in [0.1, 0.15) is 0 Å². The average Bonchev–Trinajstić information content (AvgIpc) is 2.24. The Balaban J connectivity index is 2.05. The summed E-state index contributed by atoms with van der Waals surface area (Å²) < 4.78 is 0. The number of rotatable bonds is 4. The van der Waals surface area contributed by atoms with Crippen LogP contribution in [0.3, 0.4) is 0 Å². The standard InChI is InChI=1S/C12H25N3O/c1-12(2,3)11(16)14-5-4-8-15-9-6-13-7-10-15/h13H,4-10H2,1-3H3,(H,14,16). The molecule has 94 valence electrons. The molecule has 0 aromatic rings. The second-order valence-electron chi connectivity index (χ2n) is 5.45. The van der Waals surface area contributed by atoms with Crippen molar-refractivity contribution < 1.29 is 4.79 Å². The van der Waals surface area contributed by atoms with Gasteiger partial charge in [0.2, 0.25) is 5.91 Å². The van der Waals surface area contributed by atoms with E-state index in [9.17, 15) is 4.79 Å². The van der Waals surface area contributed by atoms with Crippen LogP contribution in [0.1, 0.15) is 27.2 Å². The van der Waals surface area contributed by atoms with E-state index in [0.717, 1.165) is 45.7 Å². The molecule has 0 aliphatic carbocycles. The SMILES string of the molecule is CC(C)(C)C(=O)NCCCN1CCNCC1. The monoisotopic (exact) mass is 227 g/mol. The van der Waals surface area contributed by atoms with Crippen LogP contribution >= 0.6 is 0 Å². The van der Waals surface area contributed by atoms with Crippen molar-refractivity contribution >= 4 is 5.91 Å². The summed E-state index contributed by atoms with van der Waals surface area (Å²) in [5.74, 6) is 0.146. The third kappa shape index (κ3) is 4.94.